The van der Waals surface area contributed by atoms with Gasteiger partial charge >= 0.3 is 0 Å². The number of hydrogen-bond acceptors (Lipinski definition) is 4. The lowest BCUT2D eigenvalue weighted by Crippen LogP contribution is -2.44. The lowest BCUT2D eigenvalue weighted by molar-refractivity contribution is -0.133. The van der Waals surface area contributed by atoms with Crippen molar-refractivity contribution < 1.29 is 9.53 Å². The molecular weight excluding hydrogens is 352 g/mol. The van der Waals surface area contributed by atoms with Crippen molar-refractivity contribution in [1.29, 1.82) is 0 Å². The van der Waals surface area contributed by atoms with Crippen molar-refractivity contribution in [1.82, 2.24) is 19.7 Å². The zero-order valence-corrected chi connectivity index (χ0v) is 17.0. The SMILES string of the molecule is CCc1nnc2n1CCC1(CC2)CCN(C(=O)Cc2cccc(OC)c2)CC1. The number of rotatable bonds is 4. The molecule has 1 fully saturated rings. The van der Waals surface area contributed by atoms with Gasteiger partial charge in [-0.3, -0.25) is 4.79 Å². The minimum absolute atomic E-state index is 0.224. The summed E-state index contributed by atoms with van der Waals surface area (Å²) in [6.07, 6.45) is 6.91. The molecule has 4 rings (SSSR count). The summed E-state index contributed by atoms with van der Waals surface area (Å²) in [4.78, 5) is 14.8. The molecule has 0 N–H and O–H groups in total. The fourth-order valence-corrected chi connectivity index (χ4v) is 4.73. The second-order valence-corrected chi connectivity index (χ2v) is 8.20. The van der Waals surface area contributed by atoms with Crippen LogP contribution in [0.1, 0.15) is 49.8 Å². The molecule has 1 aromatic heterocycles. The Balaban J connectivity index is 1.35. The quantitative estimate of drug-likeness (QED) is 0.815. The predicted molar refractivity (Wildman–Crippen MR) is 107 cm³/mol. The number of aromatic nitrogens is 3. The normalized spacial score (nSPS) is 18.6. The number of hydrogen-bond donors (Lipinski definition) is 0. The van der Waals surface area contributed by atoms with Gasteiger partial charge in [0.15, 0.2) is 0 Å². The fraction of sp³-hybridized carbons (Fsp3) is 0.591. The monoisotopic (exact) mass is 382 g/mol. The number of ether oxygens (including phenoxy) is 1. The standard InChI is InChI=1S/C22H30N4O2/c1-3-19-23-24-20-7-8-22(11-14-26(19)20)9-12-25(13-10-22)21(27)16-17-5-4-6-18(15-17)28-2/h4-6,15H,3,7-14,16H2,1-2H3. The lowest BCUT2D eigenvalue weighted by atomic mass is 9.72. The molecule has 3 heterocycles. The number of carbonyl (C=O) groups is 1. The lowest BCUT2D eigenvalue weighted by Gasteiger charge is -2.41. The number of piperidine rings is 1. The summed E-state index contributed by atoms with van der Waals surface area (Å²) in [6.45, 7) is 4.89. The van der Waals surface area contributed by atoms with Crippen molar-refractivity contribution in [2.45, 2.75) is 58.4 Å². The van der Waals surface area contributed by atoms with E-state index < -0.39 is 0 Å². The first-order valence-electron chi connectivity index (χ1n) is 10.4. The Morgan fingerprint density at radius 3 is 2.68 bits per heavy atom. The van der Waals surface area contributed by atoms with E-state index in [0.29, 0.717) is 11.8 Å². The predicted octanol–water partition coefficient (Wildman–Crippen LogP) is 3.04. The maximum atomic E-state index is 12.8. The summed E-state index contributed by atoms with van der Waals surface area (Å²) in [7, 11) is 1.66. The number of nitrogens with zero attached hydrogens (tertiary/aromatic N) is 4. The highest BCUT2D eigenvalue weighted by Gasteiger charge is 2.37. The van der Waals surface area contributed by atoms with Gasteiger partial charge in [0, 0.05) is 32.5 Å². The molecular formula is C22H30N4O2. The van der Waals surface area contributed by atoms with Gasteiger partial charge in [-0.2, -0.15) is 0 Å². The van der Waals surface area contributed by atoms with E-state index >= 15 is 0 Å². The van der Waals surface area contributed by atoms with Crippen molar-refractivity contribution in [2.75, 3.05) is 20.2 Å². The third-order valence-corrected chi connectivity index (χ3v) is 6.63. The van der Waals surface area contributed by atoms with Gasteiger partial charge in [0.05, 0.1) is 13.5 Å². The number of methoxy groups -OCH3 is 1. The average Bonchev–Trinajstić information content (AvgIpc) is 3.05. The molecule has 2 aliphatic heterocycles. The van der Waals surface area contributed by atoms with Crippen molar-refractivity contribution in [2.24, 2.45) is 5.41 Å². The van der Waals surface area contributed by atoms with Crippen molar-refractivity contribution in [3.05, 3.63) is 41.5 Å². The Morgan fingerprint density at radius 1 is 1.14 bits per heavy atom. The second kappa shape index (κ2) is 7.94. The molecule has 0 aliphatic carbocycles. The van der Waals surface area contributed by atoms with E-state index in [-0.39, 0.29) is 5.91 Å². The van der Waals surface area contributed by atoms with E-state index in [0.717, 1.165) is 74.7 Å². The van der Waals surface area contributed by atoms with Gasteiger partial charge in [0.1, 0.15) is 17.4 Å². The van der Waals surface area contributed by atoms with Crippen LogP contribution in [0.5, 0.6) is 5.75 Å². The molecule has 0 radical (unpaired) electrons. The number of carbonyl (C=O) groups excluding carboxylic acids is 1. The number of likely N-dealkylation sites (tertiary alicyclic amines) is 1. The van der Waals surface area contributed by atoms with Crippen LogP contribution in [0.3, 0.4) is 0 Å². The van der Waals surface area contributed by atoms with Crippen molar-refractivity contribution in [3.8, 4) is 5.75 Å². The molecule has 6 heteroatoms. The van der Waals surface area contributed by atoms with Gasteiger partial charge in [0.2, 0.25) is 5.91 Å². The minimum Gasteiger partial charge on any atom is -0.497 e. The molecule has 1 saturated heterocycles. The first kappa shape index (κ1) is 19.0. The summed E-state index contributed by atoms with van der Waals surface area (Å²) in [5.41, 5.74) is 1.36. The Morgan fingerprint density at radius 2 is 1.93 bits per heavy atom. The van der Waals surface area contributed by atoms with Gasteiger partial charge in [-0.1, -0.05) is 19.1 Å². The molecule has 2 aliphatic rings. The number of fused-ring (bicyclic) bond motifs is 1. The van der Waals surface area contributed by atoms with Crippen LogP contribution in [0.4, 0.5) is 0 Å². The van der Waals surface area contributed by atoms with E-state index in [1.165, 1.54) is 6.42 Å². The number of aryl methyl sites for hydroxylation is 2. The van der Waals surface area contributed by atoms with Crippen LogP contribution in [-0.4, -0.2) is 45.8 Å². The van der Waals surface area contributed by atoms with Crippen LogP contribution >= 0.6 is 0 Å². The van der Waals surface area contributed by atoms with Crippen LogP contribution in [-0.2, 0) is 30.6 Å². The zero-order valence-electron chi connectivity index (χ0n) is 17.0. The summed E-state index contributed by atoms with van der Waals surface area (Å²) < 4.78 is 7.60. The van der Waals surface area contributed by atoms with E-state index in [9.17, 15) is 4.79 Å². The Hall–Kier alpha value is -2.37. The minimum atomic E-state index is 0.224. The maximum Gasteiger partial charge on any atom is 0.226 e. The van der Waals surface area contributed by atoms with Gasteiger partial charge in [-0.25, -0.2) is 0 Å². The molecule has 150 valence electrons. The highest BCUT2D eigenvalue weighted by atomic mass is 16.5. The first-order valence-corrected chi connectivity index (χ1v) is 10.4. The third kappa shape index (κ3) is 3.77. The van der Waals surface area contributed by atoms with Crippen LogP contribution in [0, 0.1) is 5.41 Å². The van der Waals surface area contributed by atoms with Crippen molar-refractivity contribution >= 4 is 5.91 Å². The second-order valence-electron chi connectivity index (χ2n) is 8.20. The first-order chi connectivity index (χ1) is 13.6. The summed E-state index contributed by atoms with van der Waals surface area (Å²) >= 11 is 0. The molecule has 0 atom stereocenters. The molecule has 1 spiro atoms. The molecule has 2 aromatic rings. The Bertz CT molecular complexity index is 837. The fourth-order valence-electron chi connectivity index (χ4n) is 4.73. The smallest absolute Gasteiger partial charge is 0.226 e. The molecule has 0 saturated carbocycles. The van der Waals surface area contributed by atoms with Gasteiger partial charge in [-0.15, -0.1) is 10.2 Å². The molecule has 1 amide bonds. The van der Waals surface area contributed by atoms with Crippen LogP contribution < -0.4 is 4.74 Å². The number of benzene rings is 1. The summed E-state index contributed by atoms with van der Waals surface area (Å²) in [5, 5.41) is 8.74. The van der Waals surface area contributed by atoms with Crippen molar-refractivity contribution in [3.63, 3.8) is 0 Å². The van der Waals surface area contributed by atoms with Crippen LogP contribution in [0.25, 0.3) is 0 Å². The molecule has 6 nitrogen and oxygen atoms in total. The van der Waals surface area contributed by atoms with Crippen LogP contribution in [0.15, 0.2) is 24.3 Å². The van der Waals surface area contributed by atoms with E-state index in [4.69, 9.17) is 4.74 Å². The van der Waals surface area contributed by atoms with E-state index in [2.05, 4.69) is 21.7 Å². The van der Waals surface area contributed by atoms with Gasteiger partial charge < -0.3 is 14.2 Å². The largest absolute Gasteiger partial charge is 0.497 e. The maximum absolute atomic E-state index is 12.8. The highest BCUT2D eigenvalue weighted by molar-refractivity contribution is 5.79. The van der Waals surface area contributed by atoms with Crippen LogP contribution in [0.2, 0.25) is 0 Å². The summed E-state index contributed by atoms with van der Waals surface area (Å²) in [5.74, 6) is 3.28. The highest BCUT2D eigenvalue weighted by Crippen LogP contribution is 2.41. The zero-order chi connectivity index (χ0) is 19.6. The molecule has 0 bridgehead atoms. The molecule has 1 aromatic carbocycles. The van der Waals surface area contributed by atoms with Gasteiger partial charge in [0.25, 0.3) is 0 Å². The summed E-state index contributed by atoms with van der Waals surface area (Å²) in [6, 6.07) is 7.81. The topological polar surface area (TPSA) is 60.2 Å². The third-order valence-electron chi connectivity index (χ3n) is 6.63. The number of amides is 1. The van der Waals surface area contributed by atoms with E-state index in [1.807, 2.05) is 29.2 Å². The Labute approximate surface area is 166 Å². The Kier molecular flexibility index (Phi) is 5.38. The average molecular weight is 383 g/mol. The molecule has 0 unspecified atom stereocenters. The molecule has 28 heavy (non-hydrogen) atoms. The van der Waals surface area contributed by atoms with E-state index in [1.54, 1.807) is 7.11 Å². The van der Waals surface area contributed by atoms with Gasteiger partial charge in [-0.05, 0) is 48.8 Å².